The Kier molecular flexibility index (Phi) is 3.41. The van der Waals surface area contributed by atoms with Crippen LogP contribution in [0.5, 0.6) is 0 Å². The van der Waals surface area contributed by atoms with E-state index >= 15 is 0 Å². The molecule has 1 aliphatic rings. The third kappa shape index (κ3) is 2.27. The van der Waals surface area contributed by atoms with Crippen molar-refractivity contribution in [2.75, 3.05) is 13.2 Å². The van der Waals surface area contributed by atoms with Crippen LogP contribution in [0.1, 0.15) is 17.3 Å². The average molecular weight is 234 g/mol. The molecule has 78 valence electrons. The molecule has 1 fully saturated rings. The molecule has 1 aromatic rings. The summed E-state index contributed by atoms with van der Waals surface area (Å²) in [5.74, 6) is 0. The molecule has 0 aromatic carbocycles. The Morgan fingerprint density at radius 3 is 2.86 bits per heavy atom. The van der Waals surface area contributed by atoms with Crippen molar-refractivity contribution in [3.63, 3.8) is 0 Å². The Hall–Kier alpha value is -0.130. The van der Waals surface area contributed by atoms with Gasteiger partial charge in [-0.15, -0.1) is 11.3 Å². The van der Waals surface area contributed by atoms with Gasteiger partial charge in [0.1, 0.15) is 0 Å². The number of ether oxygens (including phenoxy) is 2. The maximum atomic E-state index is 5.99. The minimum absolute atomic E-state index is 0.0920. The molecule has 0 amide bonds. The van der Waals surface area contributed by atoms with Gasteiger partial charge in [-0.25, -0.2) is 0 Å². The lowest BCUT2D eigenvalue weighted by Gasteiger charge is -2.14. The lowest BCUT2D eigenvalue weighted by atomic mass is 10.2. The van der Waals surface area contributed by atoms with Crippen LogP contribution in [0.3, 0.4) is 0 Å². The highest BCUT2D eigenvalue weighted by molar-refractivity contribution is 7.10. The molecular formula is C9H12ClNO2S. The number of nitrogens with two attached hydrogens (primary N) is 1. The van der Waals surface area contributed by atoms with Gasteiger partial charge >= 0.3 is 0 Å². The van der Waals surface area contributed by atoms with E-state index in [1.54, 1.807) is 11.3 Å². The number of rotatable bonds is 3. The maximum absolute atomic E-state index is 5.99. The van der Waals surface area contributed by atoms with Crippen molar-refractivity contribution in [2.24, 2.45) is 5.73 Å². The highest BCUT2D eigenvalue weighted by Gasteiger charge is 2.21. The third-order valence-corrected chi connectivity index (χ3v) is 3.61. The van der Waals surface area contributed by atoms with Crippen LogP contribution in [-0.2, 0) is 9.47 Å². The lowest BCUT2D eigenvalue weighted by Crippen LogP contribution is -2.18. The van der Waals surface area contributed by atoms with E-state index in [2.05, 4.69) is 0 Å². The molecule has 0 radical (unpaired) electrons. The van der Waals surface area contributed by atoms with Gasteiger partial charge in [-0.1, -0.05) is 11.6 Å². The summed E-state index contributed by atoms with van der Waals surface area (Å²) in [6, 6.07) is 1.77. The van der Waals surface area contributed by atoms with Crippen LogP contribution < -0.4 is 5.73 Å². The van der Waals surface area contributed by atoms with Gasteiger partial charge in [0, 0.05) is 17.3 Å². The van der Waals surface area contributed by atoms with E-state index in [0.29, 0.717) is 19.6 Å². The van der Waals surface area contributed by atoms with Gasteiger partial charge in [-0.3, -0.25) is 0 Å². The largest absolute Gasteiger partial charge is 0.350 e. The first kappa shape index (κ1) is 10.4. The van der Waals surface area contributed by atoms with E-state index < -0.39 is 0 Å². The first-order valence-electron chi connectivity index (χ1n) is 4.49. The summed E-state index contributed by atoms with van der Waals surface area (Å²) >= 11 is 7.54. The van der Waals surface area contributed by atoms with Gasteiger partial charge in [0.25, 0.3) is 0 Å². The molecule has 1 saturated heterocycles. The molecule has 0 aliphatic carbocycles. The van der Waals surface area contributed by atoms with Gasteiger partial charge < -0.3 is 15.2 Å². The third-order valence-electron chi connectivity index (χ3n) is 2.12. The number of thiophene rings is 1. The summed E-state index contributed by atoms with van der Waals surface area (Å²) in [6.45, 7) is 1.32. The number of halogens is 1. The second-order valence-corrected chi connectivity index (χ2v) is 4.50. The molecule has 1 atom stereocenters. The quantitative estimate of drug-likeness (QED) is 0.870. The van der Waals surface area contributed by atoms with Crippen LogP contribution in [0.15, 0.2) is 11.4 Å². The Morgan fingerprint density at radius 2 is 2.29 bits per heavy atom. The summed E-state index contributed by atoms with van der Waals surface area (Å²) < 4.78 is 10.6. The molecule has 2 rings (SSSR count). The van der Waals surface area contributed by atoms with E-state index in [-0.39, 0.29) is 12.3 Å². The minimum Gasteiger partial charge on any atom is -0.350 e. The zero-order valence-corrected chi connectivity index (χ0v) is 9.18. The van der Waals surface area contributed by atoms with E-state index in [1.807, 2.05) is 11.4 Å². The fourth-order valence-corrected chi connectivity index (χ4v) is 2.64. The van der Waals surface area contributed by atoms with Gasteiger partial charge in [0.2, 0.25) is 0 Å². The van der Waals surface area contributed by atoms with Crippen LogP contribution in [-0.4, -0.2) is 19.5 Å². The predicted molar refractivity (Wildman–Crippen MR) is 56.6 cm³/mol. The standard InChI is InChI=1S/C9H12ClNO2S/c10-6-1-4-14-9(6)7(11)5-8-12-2-3-13-8/h1,4,7-8H,2-3,5,11H2. The van der Waals surface area contributed by atoms with E-state index in [1.165, 1.54) is 0 Å². The number of hydrogen-bond donors (Lipinski definition) is 1. The zero-order chi connectivity index (χ0) is 9.97. The Morgan fingerprint density at radius 1 is 1.57 bits per heavy atom. The molecule has 0 spiro atoms. The molecule has 0 saturated carbocycles. The highest BCUT2D eigenvalue weighted by Crippen LogP contribution is 2.30. The normalized spacial score (nSPS) is 20.1. The van der Waals surface area contributed by atoms with Gasteiger partial charge in [0.15, 0.2) is 6.29 Å². The zero-order valence-electron chi connectivity index (χ0n) is 7.61. The minimum atomic E-state index is -0.164. The average Bonchev–Trinajstić information content (AvgIpc) is 2.75. The number of hydrogen-bond acceptors (Lipinski definition) is 4. The Balaban J connectivity index is 1.95. The summed E-state index contributed by atoms with van der Waals surface area (Å²) in [5, 5.41) is 2.67. The predicted octanol–water partition coefficient (Wildman–Crippen LogP) is 2.16. The fourth-order valence-electron chi connectivity index (χ4n) is 1.43. The van der Waals surface area contributed by atoms with Gasteiger partial charge in [-0.05, 0) is 11.4 Å². The van der Waals surface area contributed by atoms with E-state index in [0.717, 1.165) is 9.90 Å². The van der Waals surface area contributed by atoms with Gasteiger partial charge in [0.05, 0.1) is 18.2 Å². The molecule has 1 unspecified atom stereocenters. The molecule has 1 aliphatic heterocycles. The molecule has 2 N–H and O–H groups in total. The molecule has 2 heterocycles. The van der Waals surface area contributed by atoms with E-state index in [9.17, 15) is 0 Å². The van der Waals surface area contributed by atoms with Crippen LogP contribution in [0.2, 0.25) is 5.02 Å². The second-order valence-electron chi connectivity index (χ2n) is 3.15. The first-order valence-corrected chi connectivity index (χ1v) is 5.75. The molecule has 0 bridgehead atoms. The summed E-state index contributed by atoms with van der Waals surface area (Å²) in [7, 11) is 0. The van der Waals surface area contributed by atoms with Crippen LogP contribution in [0.4, 0.5) is 0 Å². The van der Waals surface area contributed by atoms with Crippen LogP contribution in [0.25, 0.3) is 0 Å². The topological polar surface area (TPSA) is 44.5 Å². The highest BCUT2D eigenvalue weighted by atomic mass is 35.5. The van der Waals surface area contributed by atoms with Crippen molar-refractivity contribution < 1.29 is 9.47 Å². The van der Waals surface area contributed by atoms with Crippen molar-refractivity contribution in [2.45, 2.75) is 18.8 Å². The SMILES string of the molecule is NC(CC1OCCO1)c1sccc1Cl. The van der Waals surface area contributed by atoms with E-state index in [4.69, 9.17) is 26.8 Å². The maximum Gasteiger partial charge on any atom is 0.159 e. The van der Waals surface area contributed by atoms with Crippen molar-refractivity contribution in [3.8, 4) is 0 Å². The summed E-state index contributed by atoms with van der Waals surface area (Å²) in [4.78, 5) is 1.01. The Bertz CT molecular complexity index is 299. The Labute approximate surface area is 91.8 Å². The second kappa shape index (κ2) is 4.59. The van der Waals surface area contributed by atoms with Crippen molar-refractivity contribution in [1.29, 1.82) is 0 Å². The molecule has 1 aromatic heterocycles. The van der Waals surface area contributed by atoms with Crippen LogP contribution >= 0.6 is 22.9 Å². The summed E-state index contributed by atoms with van der Waals surface area (Å²) in [5.41, 5.74) is 5.99. The molecule has 14 heavy (non-hydrogen) atoms. The first-order chi connectivity index (χ1) is 6.77. The van der Waals surface area contributed by atoms with Crippen molar-refractivity contribution >= 4 is 22.9 Å². The molecule has 3 nitrogen and oxygen atoms in total. The van der Waals surface area contributed by atoms with Gasteiger partial charge in [-0.2, -0.15) is 0 Å². The smallest absolute Gasteiger partial charge is 0.159 e. The van der Waals surface area contributed by atoms with Crippen LogP contribution in [0, 0.1) is 0 Å². The lowest BCUT2D eigenvalue weighted by molar-refractivity contribution is -0.0505. The van der Waals surface area contributed by atoms with Crippen molar-refractivity contribution in [1.82, 2.24) is 0 Å². The fraction of sp³-hybridized carbons (Fsp3) is 0.556. The van der Waals surface area contributed by atoms with Crippen molar-refractivity contribution in [3.05, 3.63) is 21.3 Å². The molecule has 5 heteroatoms. The molecular weight excluding hydrogens is 222 g/mol. The monoisotopic (exact) mass is 233 g/mol. The summed E-state index contributed by atoms with van der Waals surface area (Å²) in [6.07, 6.45) is 0.503.